The average Bonchev–Trinajstić information content (AvgIpc) is 2.99. The van der Waals surface area contributed by atoms with E-state index in [1.54, 1.807) is 0 Å². The van der Waals surface area contributed by atoms with Crippen molar-refractivity contribution in [3.8, 4) is 0 Å². The molecule has 104 valence electrons. The molecule has 1 spiro atoms. The second kappa shape index (κ2) is 4.79. The van der Waals surface area contributed by atoms with E-state index in [4.69, 9.17) is 5.73 Å². The molecule has 18 heavy (non-hydrogen) atoms. The second-order valence-electron chi connectivity index (χ2n) is 7.47. The maximum Gasteiger partial charge on any atom is 0.0334 e. The summed E-state index contributed by atoms with van der Waals surface area (Å²) in [6.45, 7) is 5.93. The van der Waals surface area contributed by atoms with Crippen molar-refractivity contribution >= 4 is 0 Å². The molecule has 1 aliphatic heterocycles. The Morgan fingerprint density at radius 1 is 1.06 bits per heavy atom. The highest BCUT2D eigenvalue weighted by Crippen LogP contribution is 2.48. The van der Waals surface area contributed by atoms with E-state index in [0.717, 1.165) is 17.9 Å². The minimum Gasteiger partial charge on any atom is -0.329 e. The molecular weight excluding hydrogens is 220 g/mol. The monoisotopic (exact) mass is 250 g/mol. The van der Waals surface area contributed by atoms with Gasteiger partial charge in [-0.15, -0.1) is 0 Å². The van der Waals surface area contributed by atoms with Gasteiger partial charge in [0.05, 0.1) is 0 Å². The van der Waals surface area contributed by atoms with Gasteiger partial charge in [0, 0.05) is 12.1 Å². The SMILES string of the molecule is CC1CCC(CN)(N2CCC3(CCCC3)CC2)C1. The van der Waals surface area contributed by atoms with Crippen LogP contribution in [0.4, 0.5) is 0 Å². The largest absolute Gasteiger partial charge is 0.329 e. The molecule has 0 bridgehead atoms. The molecule has 3 rings (SSSR count). The van der Waals surface area contributed by atoms with Gasteiger partial charge in [-0.1, -0.05) is 19.8 Å². The van der Waals surface area contributed by atoms with Gasteiger partial charge in [0.25, 0.3) is 0 Å². The van der Waals surface area contributed by atoms with Crippen LogP contribution in [0, 0.1) is 11.3 Å². The topological polar surface area (TPSA) is 29.3 Å². The summed E-state index contributed by atoms with van der Waals surface area (Å²) in [6, 6.07) is 0. The van der Waals surface area contributed by atoms with E-state index in [1.807, 2.05) is 0 Å². The third kappa shape index (κ3) is 2.12. The van der Waals surface area contributed by atoms with Crippen molar-refractivity contribution in [2.75, 3.05) is 19.6 Å². The van der Waals surface area contributed by atoms with Crippen LogP contribution in [0.2, 0.25) is 0 Å². The molecular formula is C16H30N2. The lowest BCUT2D eigenvalue weighted by Crippen LogP contribution is -2.56. The zero-order chi connectivity index (χ0) is 12.6. The summed E-state index contributed by atoms with van der Waals surface area (Å²) >= 11 is 0. The van der Waals surface area contributed by atoms with Crippen LogP contribution in [0.1, 0.15) is 64.7 Å². The Balaban J connectivity index is 1.64. The Hall–Kier alpha value is -0.0800. The third-order valence-corrected chi connectivity index (χ3v) is 6.37. The zero-order valence-corrected chi connectivity index (χ0v) is 12.1. The minimum absolute atomic E-state index is 0.375. The van der Waals surface area contributed by atoms with Crippen LogP contribution < -0.4 is 5.73 Å². The molecule has 3 fully saturated rings. The standard InChI is InChI=1S/C16H30N2/c1-14-4-7-16(12-14,13-17)18-10-8-15(9-11-18)5-2-3-6-15/h14H,2-13,17H2,1H3. The van der Waals surface area contributed by atoms with Crippen LogP contribution in [-0.2, 0) is 0 Å². The van der Waals surface area contributed by atoms with Crippen molar-refractivity contribution < 1.29 is 0 Å². The molecule has 0 radical (unpaired) electrons. The summed E-state index contributed by atoms with van der Waals surface area (Å²) < 4.78 is 0. The number of rotatable bonds is 2. The molecule has 0 aromatic rings. The fourth-order valence-electron chi connectivity index (χ4n) is 5.05. The Bertz CT molecular complexity index is 285. The average molecular weight is 250 g/mol. The third-order valence-electron chi connectivity index (χ3n) is 6.37. The lowest BCUT2D eigenvalue weighted by Gasteiger charge is -2.48. The second-order valence-corrected chi connectivity index (χ2v) is 7.47. The van der Waals surface area contributed by atoms with E-state index in [0.29, 0.717) is 5.54 Å². The highest BCUT2D eigenvalue weighted by molar-refractivity contribution is 5.01. The van der Waals surface area contributed by atoms with E-state index >= 15 is 0 Å². The van der Waals surface area contributed by atoms with Gasteiger partial charge < -0.3 is 5.73 Å². The van der Waals surface area contributed by atoms with Gasteiger partial charge in [0.2, 0.25) is 0 Å². The predicted octanol–water partition coefficient (Wildman–Crippen LogP) is 3.16. The van der Waals surface area contributed by atoms with Crippen molar-refractivity contribution in [1.29, 1.82) is 0 Å². The van der Waals surface area contributed by atoms with E-state index in [-0.39, 0.29) is 0 Å². The molecule has 2 atom stereocenters. The van der Waals surface area contributed by atoms with Crippen molar-refractivity contribution in [2.24, 2.45) is 17.1 Å². The summed E-state index contributed by atoms with van der Waals surface area (Å²) in [6.07, 6.45) is 13.0. The molecule has 0 aromatic heterocycles. The first-order valence-electron chi connectivity index (χ1n) is 8.13. The number of hydrogen-bond acceptors (Lipinski definition) is 2. The zero-order valence-electron chi connectivity index (χ0n) is 12.1. The number of hydrogen-bond donors (Lipinski definition) is 1. The maximum absolute atomic E-state index is 6.17. The first-order valence-corrected chi connectivity index (χ1v) is 8.13. The number of nitrogens with two attached hydrogens (primary N) is 1. The number of nitrogens with zero attached hydrogens (tertiary/aromatic N) is 1. The lowest BCUT2D eigenvalue weighted by molar-refractivity contribution is 0.0233. The van der Waals surface area contributed by atoms with E-state index in [1.165, 1.54) is 70.9 Å². The van der Waals surface area contributed by atoms with E-state index in [2.05, 4.69) is 11.8 Å². The van der Waals surface area contributed by atoms with Gasteiger partial charge >= 0.3 is 0 Å². The predicted molar refractivity (Wildman–Crippen MR) is 76.5 cm³/mol. The van der Waals surface area contributed by atoms with E-state index in [9.17, 15) is 0 Å². The Labute approximate surface area is 112 Å². The van der Waals surface area contributed by atoms with Gasteiger partial charge in [-0.25, -0.2) is 0 Å². The summed E-state index contributed by atoms with van der Waals surface area (Å²) in [4.78, 5) is 2.78. The Morgan fingerprint density at radius 2 is 1.72 bits per heavy atom. The molecule has 2 heteroatoms. The van der Waals surface area contributed by atoms with Crippen molar-refractivity contribution in [3.63, 3.8) is 0 Å². The molecule has 2 nitrogen and oxygen atoms in total. The summed E-state index contributed by atoms with van der Waals surface area (Å²) in [5.74, 6) is 0.885. The fourth-order valence-corrected chi connectivity index (χ4v) is 5.05. The van der Waals surface area contributed by atoms with Gasteiger partial charge in [0.15, 0.2) is 0 Å². The van der Waals surface area contributed by atoms with Crippen LogP contribution in [-0.4, -0.2) is 30.1 Å². The van der Waals surface area contributed by atoms with Gasteiger partial charge in [-0.3, -0.25) is 4.90 Å². The molecule has 2 aliphatic carbocycles. The molecule has 2 saturated carbocycles. The lowest BCUT2D eigenvalue weighted by atomic mass is 9.75. The molecule has 0 aromatic carbocycles. The van der Waals surface area contributed by atoms with Crippen LogP contribution in [0.15, 0.2) is 0 Å². The van der Waals surface area contributed by atoms with Crippen LogP contribution in [0.5, 0.6) is 0 Å². The molecule has 2 unspecified atom stereocenters. The van der Waals surface area contributed by atoms with Gasteiger partial charge in [-0.05, 0) is 69.4 Å². The van der Waals surface area contributed by atoms with Gasteiger partial charge in [-0.2, -0.15) is 0 Å². The quantitative estimate of drug-likeness (QED) is 0.815. The molecule has 0 amide bonds. The van der Waals surface area contributed by atoms with Crippen molar-refractivity contribution in [3.05, 3.63) is 0 Å². The summed E-state index contributed by atoms with van der Waals surface area (Å²) in [5.41, 5.74) is 7.29. The molecule has 3 aliphatic rings. The van der Waals surface area contributed by atoms with Gasteiger partial charge in [0.1, 0.15) is 0 Å². The highest BCUT2D eigenvalue weighted by atomic mass is 15.2. The Kier molecular flexibility index (Phi) is 3.44. The molecule has 1 saturated heterocycles. The first-order chi connectivity index (χ1) is 8.68. The smallest absolute Gasteiger partial charge is 0.0334 e. The normalized spacial score (nSPS) is 40.7. The number of likely N-dealkylation sites (tertiary alicyclic amines) is 1. The van der Waals surface area contributed by atoms with Crippen LogP contribution >= 0.6 is 0 Å². The van der Waals surface area contributed by atoms with Crippen LogP contribution in [0.25, 0.3) is 0 Å². The Morgan fingerprint density at radius 3 is 2.22 bits per heavy atom. The van der Waals surface area contributed by atoms with Crippen molar-refractivity contribution in [1.82, 2.24) is 4.90 Å². The number of piperidine rings is 1. The van der Waals surface area contributed by atoms with E-state index < -0.39 is 0 Å². The summed E-state index contributed by atoms with van der Waals surface area (Å²) in [5, 5.41) is 0. The fraction of sp³-hybridized carbons (Fsp3) is 1.00. The van der Waals surface area contributed by atoms with Crippen LogP contribution in [0.3, 0.4) is 0 Å². The maximum atomic E-state index is 6.17. The summed E-state index contributed by atoms with van der Waals surface area (Å²) in [7, 11) is 0. The minimum atomic E-state index is 0.375. The molecule has 1 heterocycles. The first kappa shape index (κ1) is 12.9. The molecule has 2 N–H and O–H groups in total. The highest BCUT2D eigenvalue weighted by Gasteiger charge is 2.45. The van der Waals surface area contributed by atoms with Crippen molar-refractivity contribution in [2.45, 2.75) is 70.3 Å².